The molecule has 0 fully saturated rings. The number of anilines is 3. The normalized spacial score (nSPS) is 14.3. The van der Waals surface area contributed by atoms with Crippen molar-refractivity contribution in [2.45, 2.75) is 0 Å². The predicted octanol–water partition coefficient (Wildman–Crippen LogP) is 3.28. The minimum atomic E-state index is -0.354. The first-order valence-electron chi connectivity index (χ1n) is 11.4. The fourth-order valence-corrected chi connectivity index (χ4v) is 3.81. The van der Waals surface area contributed by atoms with E-state index in [2.05, 4.69) is 36.6 Å². The number of carbonyl (C=O) groups excluding carboxylic acids is 2. The van der Waals surface area contributed by atoms with Crippen molar-refractivity contribution in [3.8, 4) is 0 Å². The van der Waals surface area contributed by atoms with E-state index in [1.54, 1.807) is 36.4 Å². The molecule has 9 nitrogen and oxygen atoms in total. The van der Waals surface area contributed by atoms with E-state index in [0.29, 0.717) is 22.6 Å². The maximum atomic E-state index is 12.6. The third kappa shape index (κ3) is 5.47. The number of nitrogens with zero attached hydrogens (tertiary/aromatic N) is 2. The van der Waals surface area contributed by atoms with Crippen LogP contribution in [0.1, 0.15) is 21.5 Å². The second-order valence-electron chi connectivity index (χ2n) is 8.08. The summed E-state index contributed by atoms with van der Waals surface area (Å²) >= 11 is 0. The van der Waals surface area contributed by atoms with Gasteiger partial charge in [0, 0.05) is 46.8 Å². The van der Waals surface area contributed by atoms with Crippen LogP contribution in [0.25, 0.3) is 0 Å². The average molecular weight is 468 g/mol. The molecule has 5 rings (SSSR count). The van der Waals surface area contributed by atoms with Gasteiger partial charge in [0.25, 0.3) is 5.91 Å². The quantitative estimate of drug-likeness (QED) is 0.382. The van der Waals surface area contributed by atoms with E-state index in [4.69, 9.17) is 0 Å². The SMILES string of the molecule is O=C(Nc1ccc(NC(=O)c2ccc(C3=NCCN3)cc2)cc1)Nc1ccc(C2=NCCN2)cc1. The van der Waals surface area contributed by atoms with Crippen molar-refractivity contribution in [1.29, 1.82) is 0 Å². The molecular formula is C26H25N7O2. The van der Waals surface area contributed by atoms with Crippen LogP contribution in [0.5, 0.6) is 0 Å². The summed E-state index contributed by atoms with van der Waals surface area (Å²) in [5, 5.41) is 14.9. The van der Waals surface area contributed by atoms with Crippen molar-refractivity contribution in [3.05, 3.63) is 89.5 Å². The highest BCUT2D eigenvalue weighted by Crippen LogP contribution is 2.17. The van der Waals surface area contributed by atoms with E-state index in [-0.39, 0.29) is 11.9 Å². The Morgan fingerprint density at radius 2 is 1.03 bits per heavy atom. The minimum Gasteiger partial charge on any atom is -0.368 e. The summed E-state index contributed by atoms with van der Waals surface area (Å²) in [4.78, 5) is 33.7. The van der Waals surface area contributed by atoms with Crippen LogP contribution in [0.4, 0.5) is 21.9 Å². The van der Waals surface area contributed by atoms with Crippen LogP contribution in [0.2, 0.25) is 0 Å². The first kappa shape index (κ1) is 22.1. The molecular weight excluding hydrogens is 442 g/mol. The molecule has 3 aromatic carbocycles. The number of amidine groups is 2. The lowest BCUT2D eigenvalue weighted by Crippen LogP contribution is -2.20. The fourth-order valence-electron chi connectivity index (χ4n) is 3.81. The van der Waals surface area contributed by atoms with Crippen molar-refractivity contribution in [3.63, 3.8) is 0 Å². The maximum absolute atomic E-state index is 12.6. The van der Waals surface area contributed by atoms with E-state index < -0.39 is 0 Å². The second kappa shape index (κ2) is 10.1. The Labute approximate surface area is 202 Å². The molecule has 2 aliphatic heterocycles. The molecule has 0 saturated heterocycles. The topological polar surface area (TPSA) is 119 Å². The van der Waals surface area contributed by atoms with Crippen molar-refractivity contribution in [2.75, 3.05) is 42.1 Å². The molecule has 0 spiro atoms. The van der Waals surface area contributed by atoms with Gasteiger partial charge in [0.2, 0.25) is 0 Å². The molecule has 0 atom stereocenters. The Balaban J connectivity index is 1.13. The zero-order valence-electron chi connectivity index (χ0n) is 19.0. The zero-order valence-corrected chi connectivity index (χ0v) is 19.0. The minimum absolute atomic E-state index is 0.210. The van der Waals surface area contributed by atoms with Gasteiger partial charge in [-0.2, -0.15) is 0 Å². The van der Waals surface area contributed by atoms with E-state index in [0.717, 1.165) is 49.0 Å². The molecule has 5 N–H and O–H groups in total. The first-order chi connectivity index (χ1) is 17.1. The Morgan fingerprint density at radius 3 is 1.49 bits per heavy atom. The standard InChI is InChI=1S/C26H25N7O2/c34-25(19-3-1-17(2-4-19)23-27-13-14-28-23)31-20-9-11-22(12-10-20)33-26(35)32-21-7-5-18(6-8-21)24-29-15-16-30-24/h1-12H,13-16H2,(H,27,28)(H,29,30)(H,31,34)(H2,32,33,35). The highest BCUT2D eigenvalue weighted by molar-refractivity contribution is 6.06. The van der Waals surface area contributed by atoms with E-state index in [9.17, 15) is 9.59 Å². The monoisotopic (exact) mass is 467 g/mol. The van der Waals surface area contributed by atoms with Gasteiger partial charge in [0.05, 0.1) is 13.1 Å². The van der Waals surface area contributed by atoms with E-state index in [1.165, 1.54) is 0 Å². The molecule has 176 valence electrons. The lowest BCUT2D eigenvalue weighted by molar-refractivity contribution is 0.102. The summed E-state index contributed by atoms with van der Waals surface area (Å²) in [6.45, 7) is 3.24. The smallest absolute Gasteiger partial charge is 0.323 e. The zero-order chi connectivity index (χ0) is 24.0. The number of carbonyl (C=O) groups is 2. The third-order valence-corrected chi connectivity index (χ3v) is 5.59. The van der Waals surface area contributed by atoms with Crippen molar-refractivity contribution < 1.29 is 9.59 Å². The van der Waals surface area contributed by atoms with E-state index >= 15 is 0 Å². The molecule has 0 unspecified atom stereocenters. The lowest BCUT2D eigenvalue weighted by Gasteiger charge is -2.10. The highest BCUT2D eigenvalue weighted by atomic mass is 16.2. The number of hydrogen-bond donors (Lipinski definition) is 5. The van der Waals surface area contributed by atoms with Crippen molar-refractivity contribution >= 4 is 40.7 Å². The third-order valence-electron chi connectivity index (χ3n) is 5.59. The molecule has 0 aliphatic carbocycles. The largest absolute Gasteiger partial charge is 0.368 e. The molecule has 3 aromatic rings. The number of hydrogen-bond acceptors (Lipinski definition) is 6. The molecule has 0 saturated carbocycles. The van der Waals surface area contributed by atoms with Crippen molar-refractivity contribution in [2.24, 2.45) is 9.98 Å². The van der Waals surface area contributed by atoms with Crippen LogP contribution >= 0.6 is 0 Å². The van der Waals surface area contributed by atoms with Gasteiger partial charge in [-0.3, -0.25) is 14.8 Å². The Hall–Kier alpha value is -4.66. The summed E-state index contributed by atoms with van der Waals surface area (Å²) in [5.41, 5.74) is 4.42. The number of benzene rings is 3. The predicted molar refractivity (Wildman–Crippen MR) is 139 cm³/mol. The van der Waals surface area contributed by atoms with E-state index in [1.807, 2.05) is 36.4 Å². The van der Waals surface area contributed by atoms with Crippen molar-refractivity contribution in [1.82, 2.24) is 10.6 Å². The van der Waals surface area contributed by atoms with Gasteiger partial charge in [-0.25, -0.2) is 4.79 Å². The van der Waals surface area contributed by atoms with Gasteiger partial charge >= 0.3 is 6.03 Å². The summed E-state index contributed by atoms with van der Waals surface area (Å²) in [6.07, 6.45) is 0. The number of rotatable bonds is 6. The first-order valence-corrected chi connectivity index (χ1v) is 11.4. The second-order valence-corrected chi connectivity index (χ2v) is 8.08. The maximum Gasteiger partial charge on any atom is 0.323 e. The van der Waals surface area contributed by atoms with Crippen LogP contribution in [-0.4, -0.2) is 49.8 Å². The number of aliphatic imine (C=N–C) groups is 2. The number of amides is 3. The Morgan fingerprint density at radius 1 is 0.600 bits per heavy atom. The van der Waals surface area contributed by atoms with Crippen LogP contribution < -0.4 is 26.6 Å². The molecule has 0 bridgehead atoms. The Bertz CT molecular complexity index is 1280. The molecule has 0 radical (unpaired) electrons. The highest BCUT2D eigenvalue weighted by Gasteiger charge is 2.11. The number of urea groups is 1. The summed E-state index contributed by atoms with van der Waals surface area (Å²) in [7, 11) is 0. The number of nitrogens with one attached hydrogen (secondary N) is 5. The lowest BCUT2D eigenvalue weighted by atomic mass is 10.1. The van der Waals surface area contributed by atoms with Gasteiger partial charge < -0.3 is 26.6 Å². The van der Waals surface area contributed by atoms with Gasteiger partial charge in [0.15, 0.2) is 0 Å². The molecule has 3 amide bonds. The summed E-state index contributed by atoms with van der Waals surface area (Å²) in [6, 6.07) is 21.4. The van der Waals surface area contributed by atoms with Gasteiger partial charge in [-0.15, -0.1) is 0 Å². The average Bonchev–Trinajstić information content (AvgIpc) is 3.61. The molecule has 2 heterocycles. The fraction of sp³-hybridized carbons (Fsp3) is 0.154. The summed E-state index contributed by atoms with van der Waals surface area (Å²) in [5.74, 6) is 1.53. The molecule has 0 aromatic heterocycles. The summed E-state index contributed by atoms with van der Waals surface area (Å²) < 4.78 is 0. The van der Waals surface area contributed by atoms with Gasteiger partial charge in [-0.05, 0) is 60.7 Å². The molecule has 35 heavy (non-hydrogen) atoms. The van der Waals surface area contributed by atoms with Crippen LogP contribution in [0, 0.1) is 0 Å². The van der Waals surface area contributed by atoms with Crippen LogP contribution in [0.3, 0.4) is 0 Å². The van der Waals surface area contributed by atoms with Gasteiger partial charge in [0.1, 0.15) is 11.7 Å². The van der Waals surface area contributed by atoms with Crippen LogP contribution in [0.15, 0.2) is 82.8 Å². The van der Waals surface area contributed by atoms with Crippen LogP contribution in [-0.2, 0) is 0 Å². The molecule has 2 aliphatic rings. The van der Waals surface area contributed by atoms with Gasteiger partial charge in [-0.1, -0.05) is 12.1 Å². The molecule has 9 heteroatoms. The Kier molecular flexibility index (Phi) is 6.38.